The van der Waals surface area contributed by atoms with Gasteiger partial charge >= 0.3 is 0 Å². The van der Waals surface area contributed by atoms with Crippen LogP contribution in [0.3, 0.4) is 0 Å². The average Bonchev–Trinajstić information content (AvgIpc) is 2.81. The number of hydrogen-bond donors (Lipinski definition) is 3. The van der Waals surface area contributed by atoms with Crippen LogP contribution in [0.2, 0.25) is 0 Å². The summed E-state index contributed by atoms with van der Waals surface area (Å²) in [5.41, 5.74) is 2.21. The van der Waals surface area contributed by atoms with Crippen molar-refractivity contribution in [3.63, 3.8) is 0 Å². The number of phenolic OH excluding ortho intramolecular Hbond substituents is 1. The molecule has 1 aromatic heterocycles. The van der Waals surface area contributed by atoms with Crippen molar-refractivity contribution in [3.8, 4) is 5.75 Å². The second-order valence-electron chi connectivity index (χ2n) is 3.78. The van der Waals surface area contributed by atoms with E-state index in [9.17, 15) is 0 Å². The molecule has 0 spiro atoms. The molecule has 0 fully saturated rings. The molecule has 0 aliphatic rings. The zero-order valence-electron chi connectivity index (χ0n) is 9.14. The number of aromatic amines is 1. The van der Waals surface area contributed by atoms with E-state index in [-0.39, 0.29) is 6.04 Å². The highest BCUT2D eigenvalue weighted by atomic mass is 16.3. The Balaban J connectivity index is 1.90. The van der Waals surface area contributed by atoms with Gasteiger partial charge in [0.1, 0.15) is 5.75 Å². The van der Waals surface area contributed by atoms with E-state index in [0.717, 1.165) is 17.8 Å². The monoisotopic (exact) mass is 217 g/mol. The van der Waals surface area contributed by atoms with E-state index in [1.165, 1.54) is 0 Å². The molecule has 0 amide bonds. The molecule has 1 aromatic carbocycles. The standard InChI is InChI=1S/C12H15N3O/c1-9(12-6-7-14-15-12)13-8-10-2-4-11(16)5-3-10/h2-7,9,13,16H,8H2,1H3,(H,14,15). The van der Waals surface area contributed by atoms with Crippen LogP contribution in [0.15, 0.2) is 36.5 Å². The highest BCUT2D eigenvalue weighted by Gasteiger charge is 2.05. The van der Waals surface area contributed by atoms with Gasteiger partial charge in [-0.15, -0.1) is 0 Å². The molecule has 4 heteroatoms. The molecular weight excluding hydrogens is 202 g/mol. The second kappa shape index (κ2) is 4.81. The summed E-state index contributed by atoms with van der Waals surface area (Å²) in [7, 11) is 0. The molecule has 4 nitrogen and oxygen atoms in total. The summed E-state index contributed by atoms with van der Waals surface area (Å²) in [6.07, 6.45) is 1.74. The van der Waals surface area contributed by atoms with Gasteiger partial charge in [0.05, 0.1) is 5.69 Å². The molecule has 3 N–H and O–H groups in total. The van der Waals surface area contributed by atoms with Crippen molar-refractivity contribution in [2.45, 2.75) is 19.5 Å². The zero-order chi connectivity index (χ0) is 11.4. The van der Waals surface area contributed by atoms with Gasteiger partial charge in [-0.2, -0.15) is 5.10 Å². The second-order valence-corrected chi connectivity index (χ2v) is 3.78. The van der Waals surface area contributed by atoms with Gasteiger partial charge in [0, 0.05) is 18.8 Å². The molecule has 2 rings (SSSR count). The van der Waals surface area contributed by atoms with Gasteiger partial charge in [-0.1, -0.05) is 12.1 Å². The highest BCUT2D eigenvalue weighted by Crippen LogP contribution is 2.12. The number of rotatable bonds is 4. The summed E-state index contributed by atoms with van der Waals surface area (Å²) in [5.74, 6) is 0.297. The molecule has 2 aromatic rings. The van der Waals surface area contributed by atoms with Crippen LogP contribution < -0.4 is 5.32 Å². The van der Waals surface area contributed by atoms with E-state index < -0.39 is 0 Å². The lowest BCUT2D eigenvalue weighted by Gasteiger charge is -2.11. The van der Waals surface area contributed by atoms with E-state index in [2.05, 4.69) is 22.4 Å². The van der Waals surface area contributed by atoms with Crippen LogP contribution in [0.5, 0.6) is 5.75 Å². The SMILES string of the molecule is CC(NCc1ccc(O)cc1)c1ccn[nH]1. The van der Waals surface area contributed by atoms with E-state index in [0.29, 0.717) is 5.75 Å². The normalized spacial score (nSPS) is 12.6. The maximum absolute atomic E-state index is 9.15. The topological polar surface area (TPSA) is 60.9 Å². The van der Waals surface area contributed by atoms with Gasteiger partial charge in [-0.25, -0.2) is 0 Å². The minimum atomic E-state index is 0.233. The Morgan fingerprint density at radius 1 is 1.31 bits per heavy atom. The molecular formula is C12H15N3O. The lowest BCUT2D eigenvalue weighted by atomic mass is 10.2. The summed E-state index contributed by atoms with van der Waals surface area (Å²) in [6.45, 7) is 2.84. The Kier molecular flexibility index (Phi) is 3.22. The van der Waals surface area contributed by atoms with Crippen molar-refractivity contribution in [1.29, 1.82) is 0 Å². The van der Waals surface area contributed by atoms with Crippen LogP contribution in [0, 0.1) is 0 Å². The number of aromatic nitrogens is 2. The lowest BCUT2D eigenvalue weighted by molar-refractivity contribution is 0.474. The number of H-pyrrole nitrogens is 1. The number of benzene rings is 1. The first-order valence-electron chi connectivity index (χ1n) is 5.26. The Morgan fingerprint density at radius 2 is 2.06 bits per heavy atom. The molecule has 0 aliphatic carbocycles. The first-order valence-corrected chi connectivity index (χ1v) is 5.26. The first-order chi connectivity index (χ1) is 7.75. The number of nitrogens with one attached hydrogen (secondary N) is 2. The number of aromatic hydroxyl groups is 1. The highest BCUT2D eigenvalue weighted by molar-refractivity contribution is 5.25. The van der Waals surface area contributed by atoms with E-state index in [1.807, 2.05) is 18.2 Å². The van der Waals surface area contributed by atoms with Gasteiger partial charge in [0.15, 0.2) is 0 Å². The lowest BCUT2D eigenvalue weighted by Crippen LogP contribution is -2.18. The van der Waals surface area contributed by atoms with Gasteiger partial charge in [-0.3, -0.25) is 5.10 Å². The third kappa shape index (κ3) is 2.61. The summed E-state index contributed by atoms with van der Waals surface area (Å²) < 4.78 is 0. The molecule has 16 heavy (non-hydrogen) atoms. The average molecular weight is 217 g/mol. The fourth-order valence-electron chi connectivity index (χ4n) is 1.50. The molecule has 0 aliphatic heterocycles. The van der Waals surface area contributed by atoms with Crippen LogP contribution in [0.1, 0.15) is 24.2 Å². The van der Waals surface area contributed by atoms with Crippen LogP contribution in [0.4, 0.5) is 0 Å². The molecule has 1 heterocycles. The van der Waals surface area contributed by atoms with Crippen LogP contribution >= 0.6 is 0 Å². The third-order valence-electron chi connectivity index (χ3n) is 2.54. The molecule has 0 saturated carbocycles. The van der Waals surface area contributed by atoms with E-state index in [1.54, 1.807) is 18.3 Å². The number of hydrogen-bond acceptors (Lipinski definition) is 3. The van der Waals surface area contributed by atoms with E-state index in [4.69, 9.17) is 5.11 Å². The predicted molar refractivity (Wildman–Crippen MR) is 61.9 cm³/mol. The maximum Gasteiger partial charge on any atom is 0.115 e. The Hall–Kier alpha value is -1.81. The molecule has 84 valence electrons. The Morgan fingerprint density at radius 3 is 2.69 bits per heavy atom. The van der Waals surface area contributed by atoms with Crippen molar-refractivity contribution in [1.82, 2.24) is 15.5 Å². The van der Waals surface area contributed by atoms with Crippen LogP contribution in [-0.2, 0) is 6.54 Å². The quantitative estimate of drug-likeness (QED) is 0.733. The van der Waals surface area contributed by atoms with Crippen molar-refractivity contribution in [2.75, 3.05) is 0 Å². The maximum atomic E-state index is 9.15. The fraction of sp³-hybridized carbons (Fsp3) is 0.250. The van der Waals surface area contributed by atoms with Crippen molar-refractivity contribution in [3.05, 3.63) is 47.8 Å². The number of nitrogens with zero attached hydrogens (tertiary/aromatic N) is 1. The molecule has 0 radical (unpaired) electrons. The molecule has 1 unspecified atom stereocenters. The van der Waals surface area contributed by atoms with Gasteiger partial charge in [0.25, 0.3) is 0 Å². The Bertz CT molecular complexity index is 422. The fourth-order valence-corrected chi connectivity index (χ4v) is 1.50. The van der Waals surface area contributed by atoms with Gasteiger partial charge < -0.3 is 10.4 Å². The van der Waals surface area contributed by atoms with Crippen LogP contribution in [-0.4, -0.2) is 15.3 Å². The minimum absolute atomic E-state index is 0.233. The molecule has 0 saturated heterocycles. The third-order valence-corrected chi connectivity index (χ3v) is 2.54. The predicted octanol–water partition coefficient (Wildman–Crippen LogP) is 1.97. The summed E-state index contributed by atoms with van der Waals surface area (Å²) in [4.78, 5) is 0. The summed E-state index contributed by atoms with van der Waals surface area (Å²) in [6, 6.07) is 9.38. The number of phenols is 1. The van der Waals surface area contributed by atoms with Crippen molar-refractivity contribution < 1.29 is 5.11 Å². The van der Waals surface area contributed by atoms with Crippen molar-refractivity contribution >= 4 is 0 Å². The van der Waals surface area contributed by atoms with E-state index >= 15 is 0 Å². The first kappa shape index (κ1) is 10.7. The largest absolute Gasteiger partial charge is 0.508 e. The smallest absolute Gasteiger partial charge is 0.115 e. The molecule has 0 bridgehead atoms. The van der Waals surface area contributed by atoms with Crippen LogP contribution in [0.25, 0.3) is 0 Å². The zero-order valence-corrected chi connectivity index (χ0v) is 9.14. The Labute approximate surface area is 94.3 Å². The summed E-state index contributed by atoms with van der Waals surface area (Å²) >= 11 is 0. The molecule has 1 atom stereocenters. The summed E-state index contributed by atoms with van der Waals surface area (Å²) in [5, 5.41) is 19.4. The van der Waals surface area contributed by atoms with Gasteiger partial charge in [-0.05, 0) is 30.7 Å². The van der Waals surface area contributed by atoms with Gasteiger partial charge in [0.2, 0.25) is 0 Å². The van der Waals surface area contributed by atoms with Crippen molar-refractivity contribution in [2.24, 2.45) is 0 Å². The minimum Gasteiger partial charge on any atom is -0.508 e.